The van der Waals surface area contributed by atoms with Crippen molar-refractivity contribution < 1.29 is 9.50 Å². The van der Waals surface area contributed by atoms with Gasteiger partial charge < -0.3 is 10.4 Å². The zero-order valence-electron chi connectivity index (χ0n) is 12.2. The van der Waals surface area contributed by atoms with Gasteiger partial charge in [-0.2, -0.15) is 0 Å². The lowest BCUT2D eigenvalue weighted by Crippen LogP contribution is -2.35. The van der Waals surface area contributed by atoms with Crippen LogP contribution < -0.4 is 5.32 Å². The van der Waals surface area contributed by atoms with E-state index in [9.17, 15) is 4.39 Å². The van der Waals surface area contributed by atoms with E-state index in [1.54, 1.807) is 17.8 Å². The number of thioether (sulfide) groups is 1. The molecule has 19 heavy (non-hydrogen) atoms. The monoisotopic (exact) mass is 285 g/mol. The molecule has 0 heterocycles. The van der Waals surface area contributed by atoms with Gasteiger partial charge in [-0.3, -0.25) is 0 Å². The highest BCUT2D eigenvalue weighted by Crippen LogP contribution is 2.26. The number of rotatable bonds is 6. The van der Waals surface area contributed by atoms with Gasteiger partial charge in [-0.05, 0) is 50.5 Å². The van der Waals surface area contributed by atoms with Crippen LogP contribution in [-0.2, 0) is 6.54 Å². The summed E-state index contributed by atoms with van der Waals surface area (Å²) in [7, 11) is 0. The van der Waals surface area contributed by atoms with Crippen LogP contribution in [0.1, 0.15) is 33.3 Å². The van der Waals surface area contributed by atoms with Gasteiger partial charge >= 0.3 is 0 Å². The van der Waals surface area contributed by atoms with Crippen LogP contribution in [0.15, 0.2) is 23.1 Å². The first-order valence-corrected chi connectivity index (χ1v) is 7.57. The average molecular weight is 285 g/mol. The van der Waals surface area contributed by atoms with E-state index >= 15 is 0 Å². The fraction of sp³-hybridized carbons (Fsp3) is 0.600. The predicted octanol–water partition coefficient (Wildman–Crippen LogP) is 3.43. The summed E-state index contributed by atoms with van der Waals surface area (Å²) in [5.74, 6) is 0.883. The van der Waals surface area contributed by atoms with E-state index in [1.807, 2.05) is 13.0 Å². The molecule has 108 valence electrons. The molecule has 1 unspecified atom stereocenters. The molecular formula is C15H24FNOS. The predicted molar refractivity (Wildman–Crippen MR) is 80.0 cm³/mol. The third-order valence-corrected chi connectivity index (χ3v) is 4.11. The zero-order chi connectivity index (χ0) is 14.5. The van der Waals surface area contributed by atoms with Gasteiger partial charge in [0, 0.05) is 29.3 Å². The Morgan fingerprint density at radius 2 is 2.05 bits per heavy atom. The van der Waals surface area contributed by atoms with Crippen molar-refractivity contribution in [3.8, 4) is 0 Å². The standard InChI is InChI=1S/C15H24FNOS/c1-11(9-18)10-19-14-6-5-13(16)7-12(14)8-17-15(2,3)4/h5-7,11,17-18H,8-10H2,1-4H3. The molecule has 0 fully saturated rings. The van der Waals surface area contributed by atoms with Crippen molar-refractivity contribution in [2.75, 3.05) is 12.4 Å². The normalized spacial score (nSPS) is 13.6. The highest BCUT2D eigenvalue weighted by Gasteiger charge is 2.12. The summed E-state index contributed by atoms with van der Waals surface area (Å²) in [6.45, 7) is 9.11. The quantitative estimate of drug-likeness (QED) is 0.785. The molecule has 0 radical (unpaired) electrons. The van der Waals surface area contributed by atoms with Crippen molar-refractivity contribution in [1.29, 1.82) is 0 Å². The molecule has 0 aliphatic heterocycles. The highest BCUT2D eigenvalue weighted by molar-refractivity contribution is 7.99. The molecule has 0 aliphatic carbocycles. The van der Waals surface area contributed by atoms with Gasteiger partial charge in [0.2, 0.25) is 0 Å². The second-order valence-corrected chi connectivity index (χ2v) is 7.02. The van der Waals surface area contributed by atoms with Crippen LogP contribution in [0.2, 0.25) is 0 Å². The zero-order valence-corrected chi connectivity index (χ0v) is 13.0. The maximum atomic E-state index is 13.4. The smallest absolute Gasteiger partial charge is 0.123 e. The van der Waals surface area contributed by atoms with E-state index < -0.39 is 0 Å². The van der Waals surface area contributed by atoms with Crippen LogP contribution in [0.4, 0.5) is 4.39 Å². The van der Waals surface area contributed by atoms with E-state index in [2.05, 4.69) is 26.1 Å². The molecule has 1 atom stereocenters. The number of benzene rings is 1. The minimum Gasteiger partial charge on any atom is -0.396 e. The Bertz CT molecular complexity index is 404. The number of aliphatic hydroxyl groups excluding tert-OH is 1. The number of aliphatic hydroxyl groups is 1. The van der Waals surface area contributed by atoms with Gasteiger partial charge in [0.15, 0.2) is 0 Å². The van der Waals surface area contributed by atoms with Gasteiger partial charge in [0.25, 0.3) is 0 Å². The third-order valence-electron chi connectivity index (χ3n) is 2.67. The van der Waals surface area contributed by atoms with Crippen LogP contribution in [0, 0.1) is 11.7 Å². The van der Waals surface area contributed by atoms with Gasteiger partial charge in [-0.1, -0.05) is 6.92 Å². The van der Waals surface area contributed by atoms with Crippen molar-refractivity contribution in [1.82, 2.24) is 5.32 Å². The second kappa shape index (κ2) is 7.27. The van der Waals surface area contributed by atoms with Crippen LogP contribution in [0.3, 0.4) is 0 Å². The average Bonchev–Trinajstić information content (AvgIpc) is 2.33. The van der Waals surface area contributed by atoms with Gasteiger partial charge in [-0.25, -0.2) is 4.39 Å². The molecule has 0 saturated carbocycles. The molecular weight excluding hydrogens is 261 g/mol. The fourth-order valence-corrected chi connectivity index (χ4v) is 2.52. The molecule has 0 aliphatic rings. The SMILES string of the molecule is CC(CO)CSc1ccc(F)cc1CNC(C)(C)C. The summed E-state index contributed by atoms with van der Waals surface area (Å²) < 4.78 is 13.4. The summed E-state index contributed by atoms with van der Waals surface area (Å²) in [5, 5.41) is 12.4. The molecule has 1 aromatic carbocycles. The van der Waals surface area contributed by atoms with Crippen molar-refractivity contribution in [3.05, 3.63) is 29.6 Å². The molecule has 2 nitrogen and oxygen atoms in total. The van der Waals surface area contributed by atoms with Crippen LogP contribution >= 0.6 is 11.8 Å². The summed E-state index contributed by atoms with van der Waals surface area (Å²) in [5.41, 5.74) is 0.984. The minimum atomic E-state index is -0.203. The topological polar surface area (TPSA) is 32.3 Å². The van der Waals surface area contributed by atoms with Gasteiger partial charge in [-0.15, -0.1) is 11.8 Å². The molecule has 0 spiro atoms. The lowest BCUT2D eigenvalue weighted by Gasteiger charge is -2.22. The van der Waals surface area contributed by atoms with E-state index in [4.69, 9.17) is 5.11 Å². The van der Waals surface area contributed by atoms with Crippen molar-refractivity contribution in [3.63, 3.8) is 0 Å². The molecule has 0 amide bonds. The van der Waals surface area contributed by atoms with E-state index in [0.717, 1.165) is 16.2 Å². The maximum absolute atomic E-state index is 13.4. The molecule has 4 heteroatoms. The highest BCUT2D eigenvalue weighted by atomic mass is 32.2. The molecule has 2 N–H and O–H groups in total. The third kappa shape index (κ3) is 6.41. The Morgan fingerprint density at radius 1 is 1.37 bits per heavy atom. The largest absolute Gasteiger partial charge is 0.396 e. The Morgan fingerprint density at radius 3 is 2.63 bits per heavy atom. The van der Waals surface area contributed by atoms with E-state index in [1.165, 1.54) is 6.07 Å². The molecule has 0 bridgehead atoms. The van der Waals surface area contributed by atoms with Crippen molar-refractivity contribution in [2.45, 2.75) is 44.7 Å². The summed E-state index contributed by atoms with van der Waals surface area (Å²) in [4.78, 5) is 1.08. The molecule has 1 aromatic rings. The first-order chi connectivity index (χ1) is 8.81. The Kier molecular flexibility index (Phi) is 6.30. The lowest BCUT2D eigenvalue weighted by atomic mass is 10.1. The van der Waals surface area contributed by atoms with E-state index in [-0.39, 0.29) is 23.9 Å². The van der Waals surface area contributed by atoms with E-state index in [0.29, 0.717) is 6.54 Å². The number of halogens is 1. The minimum absolute atomic E-state index is 0.00659. The number of hydrogen-bond donors (Lipinski definition) is 2. The molecule has 0 aromatic heterocycles. The first kappa shape index (κ1) is 16.5. The van der Waals surface area contributed by atoms with Crippen LogP contribution in [0.25, 0.3) is 0 Å². The summed E-state index contributed by atoms with van der Waals surface area (Å²) in [6, 6.07) is 4.90. The van der Waals surface area contributed by atoms with Gasteiger partial charge in [0.1, 0.15) is 5.82 Å². The summed E-state index contributed by atoms with van der Waals surface area (Å²) in [6.07, 6.45) is 0. The number of nitrogens with one attached hydrogen (secondary N) is 1. The fourth-order valence-electron chi connectivity index (χ4n) is 1.47. The Labute approximate surface area is 119 Å². The maximum Gasteiger partial charge on any atom is 0.123 e. The van der Waals surface area contributed by atoms with Crippen LogP contribution in [-0.4, -0.2) is 23.0 Å². The van der Waals surface area contributed by atoms with Gasteiger partial charge in [0.05, 0.1) is 0 Å². The van der Waals surface area contributed by atoms with Crippen LogP contribution in [0.5, 0.6) is 0 Å². The molecule has 1 rings (SSSR count). The Balaban J connectivity index is 2.74. The molecule has 0 saturated heterocycles. The number of hydrogen-bond acceptors (Lipinski definition) is 3. The van der Waals surface area contributed by atoms with Crippen molar-refractivity contribution >= 4 is 11.8 Å². The Hall–Kier alpha value is -0.580. The summed E-state index contributed by atoms with van der Waals surface area (Å²) >= 11 is 1.67. The van der Waals surface area contributed by atoms with Crippen molar-refractivity contribution in [2.24, 2.45) is 5.92 Å². The lowest BCUT2D eigenvalue weighted by molar-refractivity contribution is 0.250. The second-order valence-electron chi connectivity index (χ2n) is 5.95. The first-order valence-electron chi connectivity index (χ1n) is 6.59.